The van der Waals surface area contributed by atoms with Crippen molar-refractivity contribution in [3.63, 3.8) is 0 Å². The van der Waals surface area contributed by atoms with Crippen molar-refractivity contribution in [2.24, 2.45) is 4.99 Å². The molecule has 0 aliphatic heterocycles. The van der Waals surface area contributed by atoms with Gasteiger partial charge in [-0.15, -0.1) is 0 Å². The van der Waals surface area contributed by atoms with Crippen LogP contribution < -0.4 is 0 Å². The van der Waals surface area contributed by atoms with E-state index >= 15 is 0 Å². The van der Waals surface area contributed by atoms with E-state index in [-0.39, 0.29) is 0 Å². The number of nitrogens with zero attached hydrogens (tertiary/aromatic N) is 2. The predicted molar refractivity (Wildman–Crippen MR) is 38.2 cm³/mol. The summed E-state index contributed by atoms with van der Waals surface area (Å²) in [6.07, 6.45) is 1.69. The largest absolute Gasteiger partial charge is 0.247 e. The van der Waals surface area contributed by atoms with Crippen LogP contribution in [0.15, 0.2) is 16.8 Å². The summed E-state index contributed by atoms with van der Waals surface area (Å²) in [5, 5.41) is 8.35. The van der Waals surface area contributed by atoms with Crippen molar-refractivity contribution < 1.29 is 0 Å². The molecule has 2 nitrogen and oxygen atoms in total. The zero-order chi connectivity index (χ0) is 7.28. The number of nitriles is 1. The highest BCUT2D eigenvalue weighted by Gasteiger charge is 1.85. The van der Waals surface area contributed by atoms with Crippen LogP contribution in [0.4, 0.5) is 0 Å². The normalized spacial score (nSPS) is 10.2. The van der Waals surface area contributed by atoms with Crippen molar-refractivity contribution >= 4 is 5.71 Å². The van der Waals surface area contributed by atoms with E-state index in [0.29, 0.717) is 5.70 Å². The van der Waals surface area contributed by atoms with Gasteiger partial charge in [-0.1, -0.05) is 6.08 Å². The van der Waals surface area contributed by atoms with Gasteiger partial charge in [-0.25, -0.2) is 4.99 Å². The van der Waals surface area contributed by atoms with Gasteiger partial charge in [0.25, 0.3) is 0 Å². The van der Waals surface area contributed by atoms with Crippen LogP contribution in [0.2, 0.25) is 0 Å². The molecule has 0 aliphatic rings. The van der Waals surface area contributed by atoms with E-state index in [4.69, 9.17) is 5.26 Å². The molecular weight excluding hydrogens is 112 g/mol. The fraction of sp³-hybridized carbons (Fsp3) is 0.429. The minimum atomic E-state index is 0.481. The van der Waals surface area contributed by atoms with E-state index in [0.717, 1.165) is 5.71 Å². The van der Waals surface area contributed by atoms with Crippen molar-refractivity contribution in [1.82, 2.24) is 0 Å². The van der Waals surface area contributed by atoms with Crippen LogP contribution in [0.1, 0.15) is 20.8 Å². The topological polar surface area (TPSA) is 36.1 Å². The molecule has 0 amide bonds. The minimum absolute atomic E-state index is 0.481. The zero-order valence-corrected chi connectivity index (χ0v) is 5.97. The Kier molecular flexibility index (Phi) is 3.38. The van der Waals surface area contributed by atoms with Crippen LogP contribution in [-0.2, 0) is 0 Å². The molecule has 0 N–H and O–H groups in total. The van der Waals surface area contributed by atoms with Crippen molar-refractivity contribution in [3.8, 4) is 6.07 Å². The van der Waals surface area contributed by atoms with Crippen molar-refractivity contribution in [1.29, 1.82) is 5.26 Å². The van der Waals surface area contributed by atoms with Gasteiger partial charge >= 0.3 is 0 Å². The van der Waals surface area contributed by atoms with Gasteiger partial charge in [-0.3, -0.25) is 0 Å². The first-order valence-corrected chi connectivity index (χ1v) is 2.79. The highest BCUT2D eigenvalue weighted by molar-refractivity contribution is 5.80. The number of aliphatic imine (C=N–C) groups is 1. The highest BCUT2D eigenvalue weighted by Crippen LogP contribution is 1.93. The summed E-state index contributed by atoms with van der Waals surface area (Å²) in [4.78, 5) is 3.93. The molecule has 2 heteroatoms. The van der Waals surface area contributed by atoms with Gasteiger partial charge in [0.05, 0.1) is 0 Å². The third kappa shape index (κ3) is 3.48. The van der Waals surface area contributed by atoms with Gasteiger partial charge < -0.3 is 0 Å². The Hall–Kier alpha value is -1.10. The molecule has 0 fully saturated rings. The van der Waals surface area contributed by atoms with E-state index < -0.39 is 0 Å². The maximum absolute atomic E-state index is 8.35. The maximum Gasteiger partial charge on any atom is 0.136 e. The fourth-order valence-electron chi connectivity index (χ4n) is 0.395. The average molecular weight is 122 g/mol. The molecule has 0 heterocycles. The molecule has 0 aliphatic carbocycles. The van der Waals surface area contributed by atoms with Gasteiger partial charge in [-0.05, 0) is 20.8 Å². The van der Waals surface area contributed by atoms with Crippen LogP contribution in [0.25, 0.3) is 0 Å². The molecule has 0 aromatic heterocycles. The van der Waals surface area contributed by atoms with Crippen molar-refractivity contribution in [2.75, 3.05) is 0 Å². The van der Waals surface area contributed by atoms with E-state index in [9.17, 15) is 0 Å². The maximum atomic E-state index is 8.35. The molecule has 0 spiro atoms. The summed E-state index contributed by atoms with van der Waals surface area (Å²) in [7, 11) is 0. The third-order valence-corrected chi connectivity index (χ3v) is 0.732. The molecule has 0 aromatic carbocycles. The lowest BCUT2D eigenvalue weighted by atomic mass is 10.4. The lowest BCUT2D eigenvalue weighted by molar-refractivity contribution is 1.34. The van der Waals surface area contributed by atoms with Crippen LogP contribution >= 0.6 is 0 Å². The second kappa shape index (κ2) is 3.85. The van der Waals surface area contributed by atoms with Gasteiger partial charge in [0.2, 0.25) is 0 Å². The molecular formula is C7H10N2. The summed E-state index contributed by atoms with van der Waals surface area (Å²) < 4.78 is 0. The summed E-state index contributed by atoms with van der Waals surface area (Å²) in [6.45, 7) is 5.52. The number of hydrogen-bond acceptors (Lipinski definition) is 2. The molecule has 0 rings (SSSR count). The smallest absolute Gasteiger partial charge is 0.136 e. The molecule has 0 bridgehead atoms. The van der Waals surface area contributed by atoms with E-state index in [2.05, 4.69) is 4.99 Å². The number of hydrogen-bond donors (Lipinski definition) is 0. The van der Waals surface area contributed by atoms with E-state index in [1.54, 1.807) is 13.0 Å². The minimum Gasteiger partial charge on any atom is -0.247 e. The second-order valence-corrected chi connectivity index (χ2v) is 1.84. The van der Waals surface area contributed by atoms with Gasteiger partial charge in [0.15, 0.2) is 0 Å². The molecule has 0 aromatic rings. The average Bonchev–Trinajstić information content (AvgIpc) is 1.82. The first-order chi connectivity index (χ1) is 4.20. The Morgan fingerprint density at radius 2 is 2.11 bits per heavy atom. The Balaban J connectivity index is 4.24. The first kappa shape index (κ1) is 7.90. The van der Waals surface area contributed by atoms with Gasteiger partial charge in [0, 0.05) is 5.71 Å². The number of rotatable bonds is 1. The zero-order valence-electron chi connectivity index (χ0n) is 5.97. The molecule has 0 radical (unpaired) electrons. The van der Waals surface area contributed by atoms with Crippen molar-refractivity contribution in [2.45, 2.75) is 20.8 Å². The SMILES string of the molecule is C/C=C(/C#N)N=C(C)C. The Morgan fingerprint density at radius 1 is 1.56 bits per heavy atom. The molecule has 0 unspecified atom stereocenters. The third-order valence-electron chi connectivity index (χ3n) is 0.732. The predicted octanol–water partition coefficient (Wildman–Crippen LogP) is 1.89. The quantitative estimate of drug-likeness (QED) is 0.386. The van der Waals surface area contributed by atoms with Crippen LogP contribution in [0.5, 0.6) is 0 Å². The van der Waals surface area contributed by atoms with E-state index in [1.807, 2.05) is 19.9 Å². The summed E-state index contributed by atoms with van der Waals surface area (Å²) in [6, 6.07) is 1.96. The highest BCUT2D eigenvalue weighted by atomic mass is 14.7. The van der Waals surface area contributed by atoms with Crippen LogP contribution in [-0.4, -0.2) is 5.71 Å². The fourth-order valence-corrected chi connectivity index (χ4v) is 0.395. The van der Waals surface area contributed by atoms with Gasteiger partial charge in [-0.2, -0.15) is 5.26 Å². The summed E-state index contributed by atoms with van der Waals surface area (Å²) >= 11 is 0. The molecule has 0 saturated carbocycles. The Labute approximate surface area is 55.5 Å². The van der Waals surface area contributed by atoms with Crippen LogP contribution in [0, 0.1) is 11.3 Å². The summed E-state index contributed by atoms with van der Waals surface area (Å²) in [5.41, 5.74) is 1.39. The van der Waals surface area contributed by atoms with Crippen LogP contribution in [0.3, 0.4) is 0 Å². The molecule has 9 heavy (non-hydrogen) atoms. The Morgan fingerprint density at radius 3 is 2.22 bits per heavy atom. The Bertz CT molecular complexity index is 178. The molecule has 0 saturated heterocycles. The lowest BCUT2D eigenvalue weighted by Crippen LogP contribution is -1.81. The molecule has 48 valence electrons. The van der Waals surface area contributed by atoms with E-state index in [1.165, 1.54) is 0 Å². The van der Waals surface area contributed by atoms with Gasteiger partial charge in [0.1, 0.15) is 11.8 Å². The monoisotopic (exact) mass is 122 g/mol. The molecule has 0 atom stereocenters. The standard InChI is InChI=1S/C7H10N2/c1-4-7(5-8)9-6(2)3/h4H,1-3H3/b7-4-. The lowest BCUT2D eigenvalue weighted by Gasteiger charge is -1.86. The second-order valence-electron chi connectivity index (χ2n) is 1.84. The number of allylic oxidation sites excluding steroid dienone is 2. The van der Waals surface area contributed by atoms with Crippen molar-refractivity contribution in [3.05, 3.63) is 11.8 Å². The summed E-state index contributed by atoms with van der Waals surface area (Å²) in [5.74, 6) is 0. The first-order valence-electron chi connectivity index (χ1n) is 2.79.